The molecule has 0 aliphatic carbocycles. The van der Waals surface area contributed by atoms with Crippen molar-refractivity contribution in [2.45, 2.75) is 26.2 Å². The quantitative estimate of drug-likeness (QED) is 0.574. The van der Waals surface area contributed by atoms with Gasteiger partial charge in [-0.3, -0.25) is 4.79 Å². The molecule has 0 aliphatic rings. The first-order valence-electron chi connectivity index (χ1n) is 2.99. The molecular formula is C6H10F2O2. The number of hydrogen-bond donors (Lipinski definition) is 0. The molecule has 60 valence electrons. The number of hydrogen-bond acceptors (Lipinski definition) is 2. The highest BCUT2D eigenvalue weighted by Gasteiger charge is 2.25. The Morgan fingerprint density at radius 1 is 1.60 bits per heavy atom. The van der Waals surface area contributed by atoms with Crippen LogP contribution in [0, 0.1) is 0 Å². The average molecular weight is 152 g/mol. The summed E-state index contributed by atoms with van der Waals surface area (Å²) in [5, 5.41) is 0. The largest absolute Gasteiger partial charge is 0.466 e. The van der Waals surface area contributed by atoms with Gasteiger partial charge in [-0.05, 0) is 13.8 Å². The third kappa shape index (κ3) is 5.47. The van der Waals surface area contributed by atoms with Gasteiger partial charge in [-0.1, -0.05) is 0 Å². The van der Waals surface area contributed by atoms with Gasteiger partial charge < -0.3 is 4.74 Å². The van der Waals surface area contributed by atoms with Crippen molar-refractivity contribution in [2.24, 2.45) is 0 Å². The first-order valence-corrected chi connectivity index (χ1v) is 2.99. The number of rotatable bonds is 3. The zero-order chi connectivity index (χ0) is 8.20. The normalized spacial score (nSPS) is 11.2. The fourth-order valence-electron chi connectivity index (χ4n) is 0.465. The van der Waals surface area contributed by atoms with E-state index in [4.69, 9.17) is 0 Å². The van der Waals surface area contributed by atoms with Gasteiger partial charge in [0.05, 0.1) is 6.61 Å². The maximum Gasteiger partial charge on any atom is 0.311 e. The minimum absolute atomic E-state index is 0.148. The fraction of sp³-hybridized carbons (Fsp3) is 0.833. The van der Waals surface area contributed by atoms with Crippen molar-refractivity contribution >= 4 is 5.97 Å². The van der Waals surface area contributed by atoms with Crippen LogP contribution in [0.25, 0.3) is 0 Å². The Bertz CT molecular complexity index is 117. The summed E-state index contributed by atoms with van der Waals surface area (Å²) < 4.78 is 28.3. The van der Waals surface area contributed by atoms with Crippen molar-refractivity contribution in [1.29, 1.82) is 0 Å². The number of esters is 1. The molecule has 4 heteroatoms. The van der Waals surface area contributed by atoms with Crippen LogP contribution in [0.2, 0.25) is 0 Å². The highest BCUT2D eigenvalue weighted by molar-refractivity contribution is 5.70. The van der Waals surface area contributed by atoms with Crippen LogP contribution < -0.4 is 0 Å². The van der Waals surface area contributed by atoms with Gasteiger partial charge in [0, 0.05) is 0 Å². The summed E-state index contributed by atoms with van der Waals surface area (Å²) in [5.41, 5.74) is 0. The Morgan fingerprint density at radius 3 is 2.40 bits per heavy atom. The van der Waals surface area contributed by atoms with E-state index in [2.05, 4.69) is 4.74 Å². The zero-order valence-electron chi connectivity index (χ0n) is 5.99. The summed E-state index contributed by atoms with van der Waals surface area (Å²) in [6.45, 7) is 2.41. The first-order chi connectivity index (χ1) is 4.45. The average Bonchev–Trinajstić information content (AvgIpc) is 1.59. The summed E-state index contributed by atoms with van der Waals surface area (Å²) in [7, 11) is 0. The molecule has 0 spiro atoms. The summed E-state index contributed by atoms with van der Waals surface area (Å²) in [6, 6.07) is 0. The van der Waals surface area contributed by atoms with E-state index in [0.717, 1.165) is 0 Å². The second-order valence-corrected chi connectivity index (χ2v) is 2.05. The van der Waals surface area contributed by atoms with E-state index in [-0.39, 0.29) is 6.61 Å². The van der Waals surface area contributed by atoms with Crippen LogP contribution in [-0.4, -0.2) is 18.5 Å². The Balaban J connectivity index is 3.58. The Morgan fingerprint density at radius 2 is 2.10 bits per heavy atom. The standard InChI is InChI=1S/C6H10F2O2/c1-3-10-5(9)4-6(2,7)8/h3-4H2,1-2H3. The van der Waals surface area contributed by atoms with Crippen molar-refractivity contribution < 1.29 is 18.3 Å². The molecule has 0 atom stereocenters. The van der Waals surface area contributed by atoms with E-state index in [1.165, 1.54) is 0 Å². The van der Waals surface area contributed by atoms with Gasteiger partial charge in [0.1, 0.15) is 6.42 Å². The number of carbonyl (C=O) groups is 1. The number of halogens is 2. The van der Waals surface area contributed by atoms with Crippen LogP contribution in [0.1, 0.15) is 20.3 Å². The van der Waals surface area contributed by atoms with Crippen LogP contribution in [0.3, 0.4) is 0 Å². The van der Waals surface area contributed by atoms with Crippen LogP contribution in [0.4, 0.5) is 8.78 Å². The molecule has 0 saturated carbocycles. The third-order valence-corrected chi connectivity index (χ3v) is 0.760. The molecule has 0 unspecified atom stereocenters. The van der Waals surface area contributed by atoms with Gasteiger partial charge >= 0.3 is 5.97 Å². The van der Waals surface area contributed by atoms with E-state index in [1.807, 2.05) is 0 Å². The topological polar surface area (TPSA) is 26.3 Å². The minimum Gasteiger partial charge on any atom is -0.466 e. The number of carbonyl (C=O) groups excluding carboxylic acids is 1. The third-order valence-electron chi connectivity index (χ3n) is 0.760. The maximum absolute atomic E-state index is 12.0. The van der Waals surface area contributed by atoms with Crippen LogP contribution in [0.5, 0.6) is 0 Å². The molecular weight excluding hydrogens is 142 g/mol. The molecule has 0 rings (SSSR count). The second-order valence-electron chi connectivity index (χ2n) is 2.05. The van der Waals surface area contributed by atoms with Crippen LogP contribution in [-0.2, 0) is 9.53 Å². The molecule has 0 saturated heterocycles. The predicted molar refractivity (Wildman–Crippen MR) is 31.9 cm³/mol. The summed E-state index contributed by atoms with van der Waals surface area (Å²) >= 11 is 0. The van der Waals surface area contributed by atoms with Gasteiger partial charge in [0.2, 0.25) is 0 Å². The van der Waals surface area contributed by atoms with E-state index in [0.29, 0.717) is 6.92 Å². The number of ether oxygens (including phenoxy) is 1. The monoisotopic (exact) mass is 152 g/mol. The van der Waals surface area contributed by atoms with Crippen molar-refractivity contribution in [1.82, 2.24) is 0 Å². The predicted octanol–water partition coefficient (Wildman–Crippen LogP) is 1.59. The first kappa shape index (κ1) is 9.33. The Hall–Kier alpha value is -0.670. The van der Waals surface area contributed by atoms with Crippen molar-refractivity contribution in [3.8, 4) is 0 Å². The zero-order valence-corrected chi connectivity index (χ0v) is 5.99. The smallest absolute Gasteiger partial charge is 0.311 e. The Labute approximate surface area is 58.2 Å². The van der Waals surface area contributed by atoms with Crippen molar-refractivity contribution in [3.63, 3.8) is 0 Å². The summed E-state index contributed by atoms with van der Waals surface area (Å²) in [6.07, 6.45) is -0.832. The lowest BCUT2D eigenvalue weighted by Gasteiger charge is -2.07. The lowest BCUT2D eigenvalue weighted by Crippen LogP contribution is -2.18. The van der Waals surface area contributed by atoms with Gasteiger partial charge in [-0.2, -0.15) is 0 Å². The number of alkyl halides is 2. The van der Waals surface area contributed by atoms with Gasteiger partial charge in [0.25, 0.3) is 5.92 Å². The molecule has 2 nitrogen and oxygen atoms in total. The molecule has 0 N–H and O–H groups in total. The Kier molecular flexibility index (Phi) is 3.25. The van der Waals surface area contributed by atoms with E-state index in [1.54, 1.807) is 6.92 Å². The second kappa shape index (κ2) is 3.49. The van der Waals surface area contributed by atoms with E-state index in [9.17, 15) is 13.6 Å². The molecule has 0 fully saturated rings. The summed E-state index contributed by atoms with van der Waals surface area (Å²) in [4.78, 5) is 10.4. The highest BCUT2D eigenvalue weighted by Crippen LogP contribution is 2.16. The molecule has 0 radical (unpaired) electrons. The molecule has 0 heterocycles. The summed E-state index contributed by atoms with van der Waals surface area (Å²) in [5.74, 6) is -3.80. The van der Waals surface area contributed by atoms with E-state index < -0.39 is 18.3 Å². The highest BCUT2D eigenvalue weighted by atomic mass is 19.3. The van der Waals surface area contributed by atoms with Crippen LogP contribution >= 0.6 is 0 Å². The van der Waals surface area contributed by atoms with Gasteiger partial charge in [-0.25, -0.2) is 8.78 Å². The minimum atomic E-state index is -2.95. The van der Waals surface area contributed by atoms with Gasteiger partial charge in [-0.15, -0.1) is 0 Å². The molecule has 0 aromatic carbocycles. The molecule has 0 aromatic rings. The SMILES string of the molecule is CCOC(=O)CC(C)(F)F. The van der Waals surface area contributed by atoms with Crippen molar-refractivity contribution in [3.05, 3.63) is 0 Å². The molecule has 0 bridgehead atoms. The lowest BCUT2D eigenvalue weighted by molar-refractivity contribution is -0.149. The lowest BCUT2D eigenvalue weighted by atomic mass is 10.3. The molecule has 10 heavy (non-hydrogen) atoms. The molecule has 0 aromatic heterocycles. The molecule has 0 aliphatic heterocycles. The maximum atomic E-state index is 12.0. The fourth-order valence-corrected chi connectivity index (χ4v) is 0.465. The van der Waals surface area contributed by atoms with E-state index >= 15 is 0 Å². The van der Waals surface area contributed by atoms with Gasteiger partial charge in [0.15, 0.2) is 0 Å². The molecule has 0 amide bonds. The van der Waals surface area contributed by atoms with Crippen molar-refractivity contribution in [2.75, 3.05) is 6.61 Å². The van der Waals surface area contributed by atoms with Crippen LogP contribution in [0.15, 0.2) is 0 Å².